The first-order chi connectivity index (χ1) is 12.6. The fourth-order valence-corrected chi connectivity index (χ4v) is 2.11. The number of pyridine rings is 1. The lowest BCUT2D eigenvalue weighted by Crippen LogP contribution is -2.07. The van der Waals surface area contributed by atoms with E-state index in [0.717, 1.165) is 17.7 Å². The SMILES string of the molecule is O=C(/C=C\c1ccccc1)Nc1ccc(Oc2ccc(F)cc2F)nc1. The average molecular weight is 352 g/mol. The van der Waals surface area contributed by atoms with E-state index in [1.807, 2.05) is 30.3 Å². The molecule has 1 amide bonds. The third kappa shape index (κ3) is 4.73. The van der Waals surface area contributed by atoms with Crippen molar-refractivity contribution >= 4 is 17.7 Å². The minimum absolute atomic E-state index is 0.119. The van der Waals surface area contributed by atoms with Gasteiger partial charge in [-0.1, -0.05) is 30.3 Å². The van der Waals surface area contributed by atoms with Gasteiger partial charge in [0.15, 0.2) is 11.6 Å². The van der Waals surface area contributed by atoms with E-state index in [-0.39, 0.29) is 17.5 Å². The van der Waals surface area contributed by atoms with Gasteiger partial charge < -0.3 is 10.1 Å². The smallest absolute Gasteiger partial charge is 0.248 e. The highest BCUT2D eigenvalue weighted by molar-refractivity contribution is 6.01. The Morgan fingerprint density at radius 1 is 1.04 bits per heavy atom. The molecule has 0 bridgehead atoms. The molecule has 0 saturated carbocycles. The Balaban J connectivity index is 1.60. The van der Waals surface area contributed by atoms with Crippen molar-refractivity contribution in [1.29, 1.82) is 0 Å². The minimum Gasteiger partial charge on any atom is -0.436 e. The zero-order valence-corrected chi connectivity index (χ0v) is 13.5. The number of nitrogens with zero attached hydrogens (tertiary/aromatic N) is 1. The van der Waals surface area contributed by atoms with E-state index in [0.29, 0.717) is 5.69 Å². The van der Waals surface area contributed by atoms with Crippen LogP contribution in [-0.4, -0.2) is 10.9 Å². The molecule has 0 radical (unpaired) electrons. The summed E-state index contributed by atoms with van der Waals surface area (Å²) in [5, 5.41) is 2.65. The molecule has 0 aliphatic carbocycles. The molecule has 130 valence electrons. The number of amides is 1. The van der Waals surface area contributed by atoms with Crippen molar-refractivity contribution in [3.63, 3.8) is 0 Å². The lowest BCUT2D eigenvalue weighted by atomic mass is 10.2. The molecule has 0 aliphatic rings. The third-order valence-electron chi connectivity index (χ3n) is 3.34. The van der Waals surface area contributed by atoms with Crippen LogP contribution >= 0.6 is 0 Å². The highest BCUT2D eigenvalue weighted by Gasteiger charge is 2.07. The van der Waals surface area contributed by atoms with E-state index in [4.69, 9.17) is 4.74 Å². The van der Waals surface area contributed by atoms with Gasteiger partial charge in [-0.25, -0.2) is 13.8 Å². The summed E-state index contributed by atoms with van der Waals surface area (Å²) in [7, 11) is 0. The van der Waals surface area contributed by atoms with Gasteiger partial charge in [-0.2, -0.15) is 0 Å². The van der Waals surface area contributed by atoms with Crippen molar-refractivity contribution < 1.29 is 18.3 Å². The molecule has 3 aromatic rings. The molecule has 26 heavy (non-hydrogen) atoms. The fourth-order valence-electron chi connectivity index (χ4n) is 2.11. The van der Waals surface area contributed by atoms with Gasteiger partial charge in [0.2, 0.25) is 11.8 Å². The van der Waals surface area contributed by atoms with Crippen LogP contribution in [0.3, 0.4) is 0 Å². The topological polar surface area (TPSA) is 51.2 Å². The first-order valence-electron chi connectivity index (χ1n) is 7.73. The van der Waals surface area contributed by atoms with Crippen LogP contribution in [0, 0.1) is 11.6 Å². The molecule has 1 heterocycles. The second-order valence-corrected chi connectivity index (χ2v) is 5.30. The molecular weight excluding hydrogens is 338 g/mol. The number of carbonyl (C=O) groups excluding carboxylic acids is 1. The largest absolute Gasteiger partial charge is 0.436 e. The maximum Gasteiger partial charge on any atom is 0.248 e. The van der Waals surface area contributed by atoms with Crippen LogP contribution < -0.4 is 10.1 Å². The maximum atomic E-state index is 13.6. The number of ether oxygens (including phenoxy) is 1. The quantitative estimate of drug-likeness (QED) is 0.671. The number of benzene rings is 2. The molecule has 3 rings (SSSR count). The van der Waals surface area contributed by atoms with Gasteiger partial charge in [0.1, 0.15) is 5.82 Å². The van der Waals surface area contributed by atoms with Crippen LogP contribution in [0.2, 0.25) is 0 Å². The van der Waals surface area contributed by atoms with Gasteiger partial charge >= 0.3 is 0 Å². The van der Waals surface area contributed by atoms with E-state index < -0.39 is 11.6 Å². The molecule has 2 aromatic carbocycles. The van der Waals surface area contributed by atoms with Gasteiger partial charge in [-0.3, -0.25) is 4.79 Å². The number of hydrogen-bond donors (Lipinski definition) is 1. The van der Waals surface area contributed by atoms with Crippen molar-refractivity contribution in [2.75, 3.05) is 5.32 Å². The molecule has 0 saturated heterocycles. The predicted octanol–water partition coefficient (Wildman–Crippen LogP) is 4.80. The molecule has 4 nitrogen and oxygen atoms in total. The Hall–Kier alpha value is -3.54. The molecule has 1 aromatic heterocycles. The Morgan fingerprint density at radius 3 is 2.54 bits per heavy atom. The summed E-state index contributed by atoms with van der Waals surface area (Å²) in [5.41, 5.74) is 1.37. The average Bonchev–Trinajstić information content (AvgIpc) is 2.65. The maximum absolute atomic E-state index is 13.6. The van der Waals surface area contributed by atoms with Gasteiger partial charge in [-0.15, -0.1) is 0 Å². The number of nitrogens with one attached hydrogen (secondary N) is 1. The summed E-state index contributed by atoms with van der Waals surface area (Å²) in [6.45, 7) is 0. The first-order valence-corrected chi connectivity index (χ1v) is 7.73. The zero-order chi connectivity index (χ0) is 18.4. The summed E-state index contributed by atoms with van der Waals surface area (Å²) in [6, 6.07) is 15.4. The van der Waals surface area contributed by atoms with Crippen LogP contribution in [0.25, 0.3) is 6.08 Å². The summed E-state index contributed by atoms with van der Waals surface area (Å²) >= 11 is 0. The summed E-state index contributed by atoms with van der Waals surface area (Å²) in [4.78, 5) is 15.9. The number of aromatic nitrogens is 1. The molecule has 0 spiro atoms. The molecule has 0 atom stereocenters. The number of halogens is 2. The van der Waals surface area contributed by atoms with Gasteiger partial charge in [0.05, 0.1) is 11.9 Å². The Labute approximate surface area is 148 Å². The number of hydrogen-bond acceptors (Lipinski definition) is 3. The van der Waals surface area contributed by atoms with Crippen molar-refractivity contribution in [2.45, 2.75) is 0 Å². The van der Waals surface area contributed by atoms with Gasteiger partial charge in [0, 0.05) is 18.2 Å². The lowest BCUT2D eigenvalue weighted by Gasteiger charge is -2.07. The van der Waals surface area contributed by atoms with Crippen molar-refractivity contribution in [1.82, 2.24) is 4.98 Å². The molecular formula is C20H14F2N2O2. The highest BCUT2D eigenvalue weighted by atomic mass is 19.1. The van der Waals surface area contributed by atoms with Gasteiger partial charge in [0.25, 0.3) is 0 Å². The van der Waals surface area contributed by atoms with Crippen molar-refractivity contribution in [3.05, 3.63) is 90.1 Å². The minimum atomic E-state index is -0.824. The highest BCUT2D eigenvalue weighted by Crippen LogP contribution is 2.24. The Bertz CT molecular complexity index is 926. The Morgan fingerprint density at radius 2 is 1.85 bits per heavy atom. The van der Waals surface area contributed by atoms with Crippen LogP contribution in [0.15, 0.2) is 72.9 Å². The van der Waals surface area contributed by atoms with E-state index in [1.165, 1.54) is 24.4 Å². The second kappa shape index (κ2) is 8.02. The molecule has 0 unspecified atom stereocenters. The van der Waals surface area contributed by atoms with Crippen molar-refractivity contribution in [2.24, 2.45) is 0 Å². The van der Waals surface area contributed by atoms with E-state index in [9.17, 15) is 13.6 Å². The molecule has 6 heteroatoms. The number of rotatable bonds is 5. The molecule has 0 aliphatic heterocycles. The lowest BCUT2D eigenvalue weighted by molar-refractivity contribution is -0.111. The summed E-state index contributed by atoms with van der Waals surface area (Å²) < 4.78 is 31.7. The molecule has 0 fully saturated rings. The third-order valence-corrected chi connectivity index (χ3v) is 3.34. The summed E-state index contributed by atoms with van der Waals surface area (Å²) in [5.74, 6) is -1.84. The van der Waals surface area contributed by atoms with Crippen LogP contribution in [0.4, 0.5) is 14.5 Å². The predicted molar refractivity (Wildman–Crippen MR) is 94.8 cm³/mol. The number of carbonyl (C=O) groups is 1. The van der Waals surface area contributed by atoms with E-state index in [2.05, 4.69) is 10.3 Å². The van der Waals surface area contributed by atoms with Crippen LogP contribution in [0.1, 0.15) is 5.56 Å². The molecule has 1 N–H and O–H groups in total. The number of anilines is 1. The monoisotopic (exact) mass is 352 g/mol. The van der Waals surface area contributed by atoms with Gasteiger partial charge in [-0.05, 0) is 29.8 Å². The van der Waals surface area contributed by atoms with E-state index >= 15 is 0 Å². The van der Waals surface area contributed by atoms with E-state index in [1.54, 1.807) is 12.1 Å². The standard InChI is InChI=1S/C20H14F2N2O2/c21-15-7-9-18(17(22)12-15)26-20-11-8-16(13-23-20)24-19(25)10-6-14-4-2-1-3-5-14/h1-13H,(H,24,25)/b10-6-. The van der Waals surface area contributed by atoms with Crippen molar-refractivity contribution in [3.8, 4) is 11.6 Å². The summed E-state index contributed by atoms with van der Waals surface area (Å²) in [6.07, 6.45) is 4.48. The zero-order valence-electron chi connectivity index (χ0n) is 13.5. The fraction of sp³-hybridized carbons (Fsp3) is 0. The first kappa shape index (κ1) is 17.3. The van der Waals surface area contributed by atoms with Crippen LogP contribution in [-0.2, 0) is 4.79 Å². The normalized spacial score (nSPS) is 10.7. The second-order valence-electron chi connectivity index (χ2n) is 5.30. The van der Waals surface area contributed by atoms with Crippen LogP contribution in [0.5, 0.6) is 11.6 Å². The Kier molecular flexibility index (Phi) is 5.34.